The second-order valence-electron chi connectivity index (χ2n) is 6.98. The van der Waals surface area contributed by atoms with E-state index in [1.165, 1.54) is 64.5 Å². The average Bonchev–Trinajstić information content (AvgIpc) is 2.42. The maximum atomic E-state index is 3.79. The normalized spacial score (nSPS) is 33.9. The van der Waals surface area contributed by atoms with Gasteiger partial charge in [-0.3, -0.25) is 4.90 Å². The Bertz CT molecular complexity index is 267. The summed E-state index contributed by atoms with van der Waals surface area (Å²) in [5.41, 5.74) is 0. The third-order valence-electron chi connectivity index (χ3n) is 5.32. The van der Waals surface area contributed by atoms with Gasteiger partial charge in [0, 0.05) is 24.7 Å². The molecule has 3 heteroatoms. The third kappa shape index (κ3) is 4.44. The predicted octanol–water partition coefficient (Wildman–Crippen LogP) is 2.71. The van der Waals surface area contributed by atoms with Crippen molar-refractivity contribution in [2.24, 2.45) is 0 Å². The molecule has 3 nitrogen and oxygen atoms in total. The highest BCUT2D eigenvalue weighted by molar-refractivity contribution is 4.90. The number of hydrogen-bond donors (Lipinski definition) is 1. The van der Waals surface area contributed by atoms with Crippen molar-refractivity contribution in [2.75, 3.05) is 33.7 Å². The van der Waals surface area contributed by atoms with Crippen LogP contribution in [0.15, 0.2) is 0 Å². The quantitative estimate of drug-likeness (QED) is 0.855. The summed E-state index contributed by atoms with van der Waals surface area (Å²) in [4.78, 5) is 5.24. The Hall–Kier alpha value is -0.120. The van der Waals surface area contributed by atoms with E-state index in [9.17, 15) is 0 Å². The van der Waals surface area contributed by atoms with Crippen LogP contribution in [-0.4, -0.2) is 61.7 Å². The van der Waals surface area contributed by atoms with Crippen LogP contribution >= 0.6 is 0 Å². The predicted molar refractivity (Wildman–Crippen MR) is 87.2 cm³/mol. The molecule has 1 aliphatic heterocycles. The van der Waals surface area contributed by atoms with Gasteiger partial charge < -0.3 is 10.2 Å². The number of likely N-dealkylation sites (N-methyl/N-ethyl adjacent to an activating group) is 2. The molecule has 2 fully saturated rings. The van der Waals surface area contributed by atoms with E-state index in [0.29, 0.717) is 0 Å². The monoisotopic (exact) mass is 281 g/mol. The first-order chi connectivity index (χ1) is 9.72. The fraction of sp³-hybridized carbons (Fsp3) is 1.00. The molecular formula is C17H35N3. The van der Waals surface area contributed by atoms with Crippen molar-refractivity contribution >= 4 is 0 Å². The summed E-state index contributed by atoms with van der Waals surface area (Å²) in [5.74, 6) is 0. The molecule has 0 aromatic carbocycles. The fourth-order valence-electron chi connectivity index (χ4n) is 4.11. The van der Waals surface area contributed by atoms with E-state index in [0.717, 1.165) is 24.7 Å². The van der Waals surface area contributed by atoms with Gasteiger partial charge in [0.15, 0.2) is 0 Å². The minimum absolute atomic E-state index is 0.723. The number of hydrogen-bond acceptors (Lipinski definition) is 3. The smallest absolute Gasteiger partial charge is 0.0250 e. The molecule has 1 saturated heterocycles. The second kappa shape index (κ2) is 8.35. The molecule has 1 N–H and O–H groups in total. The number of rotatable bonds is 4. The molecule has 0 radical (unpaired) electrons. The lowest BCUT2D eigenvalue weighted by Gasteiger charge is -2.44. The van der Waals surface area contributed by atoms with Gasteiger partial charge >= 0.3 is 0 Å². The van der Waals surface area contributed by atoms with Crippen LogP contribution in [-0.2, 0) is 0 Å². The van der Waals surface area contributed by atoms with Gasteiger partial charge in [-0.1, -0.05) is 32.6 Å². The van der Waals surface area contributed by atoms with Gasteiger partial charge in [-0.15, -0.1) is 0 Å². The first-order valence-electron chi connectivity index (χ1n) is 8.86. The van der Waals surface area contributed by atoms with Crippen molar-refractivity contribution in [3.8, 4) is 0 Å². The van der Waals surface area contributed by atoms with E-state index in [2.05, 4.69) is 36.1 Å². The van der Waals surface area contributed by atoms with E-state index in [-0.39, 0.29) is 0 Å². The number of nitrogens with one attached hydrogen (secondary N) is 1. The summed E-state index contributed by atoms with van der Waals surface area (Å²) in [7, 11) is 4.49. The zero-order chi connectivity index (χ0) is 14.4. The zero-order valence-electron chi connectivity index (χ0n) is 13.9. The van der Waals surface area contributed by atoms with Gasteiger partial charge in [0.25, 0.3) is 0 Å². The van der Waals surface area contributed by atoms with Crippen LogP contribution in [0.1, 0.15) is 58.3 Å². The maximum absolute atomic E-state index is 3.79. The largest absolute Gasteiger partial charge is 0.313 e. The van der Waals surface area contributed by atoms with Gasteiger partial charge in [-0.25, -0.2) is 0 Å². The van der Waals surface area contributed by atoms with Crippen LogP contribution in [0.5, 0.6) is 0 Å². The van der Waals surface area contributed by atoms with Crippen molar-refractivity contribution in [3.05, 3.63) is 0 Å². The summed E-state index contributed by atoms with van der Waals surface area (Å²) >= 11 is 0. The minimum Gasteiger partial charge on any atom is -0.313 e. The van der Waals surface area contributed by atoms with Crippen molar-refractivity contribution in [1.82, 2.24) is 15.1 Å². The van der Waals surface area contributed by atoms with Crippen LogP contribution in [0.25, 0.3) is 0 Å². The molecule has 2 rings (SSSR count). The van der Waals surface area contributed by atoms with Crippen LogP contribution < -0.4 is 5.32 Å². The van der Waals surface area contributed by atoms with Gasteiger partial charge in [-0.2, -0.15) is 0 Å². The fourth-order valence-corrected chi connectivity index (χ4v) is 4.11. The Balaban J connectivity index is 2.00. The van der Waals surface area contributed by atoms with Crippen molar-refractivity contribution in [3.63, 3.8) is 0 Å². The lowest BCUT2D eigenvalue weighted by molar-refractivity contribution is 0.0674. The molecular weight excluding hydrogens is 246 g/mol. The average molecular weight is 281 g/mol. The summed E-state index contributed by atoms with van der Waals surface area (Å²) in [5, 5.41) is 3.79. The zero-order valence-corrected chi connectivity index (χ0v) is 13.9. The summed E-state index contributed by atoms with van der Waals surface area (Å²) < 4.78 is 0. The molecule has 2 aliphatic rings. The molecule has 20 heavy (non-hydrogen) atoms. The maximum Gasteiger partial charge on any atom is 0.0250 e. The highest BCUT2D eigenvalue weighted by Crippen LogP contribution is 2.25. The standard InChI is InChI=1S/C17H35N3/c1-4-18-16-11-7-5-6-8-12-17(16)20-13-9-10-15(14-20)19(2)3/h15-18H,4-14H2,1-3H3. The van der Waals surface area contributed by atoms with Crippen LogP contribution in [0.4, 0.5) is 0 Å². The number of piperidine rings is 1. The SMILES string of the molecule is CCNC1CCCCCCC1N1CCCC(N(C)C)C1. The first kappa shape index (κ1) is 16.3. The van der Waals surface area contributed by atoms with Crippen molar-refractivity contribution < 1.29 is 0 Å². The molecule has 0 aromatic heterocycles. The lowest BCUT2D eigenvalue weighted by atomic mass is 9.89. The lowest BCUT2D eigenvalue weighted by Crippen LogP contribution is -2.56. The van der Waals surface area contributed by atoms with Gasteiger partial charge in [0.2, 0.25) is 0 Å². The second-order valence-corrected chi connectivity index (χ2v) is 6.98. The van der Waals surface area contributed by atoms with Gasteiger partial charge in [0.1, 0.15) is 0 Å². The molecule has 0 amide bonds. The van der Waals surface area contributed by atoms with Crippen LogP contribution in [0.2, 0.25) is 0 Å². The molecule has 118 valence electrons. The summed E-state index contributed by atoms with van der Waals surface area (Å²) in [6, 6.07) is 2.26. The van der Waals surface area contributed by atoms with Crippen molar-refractivity contribution in [2.45, 2.75) is 76.4 Å². The Morgan fingerprint density at radius 3 is 2.45 bits per heavy atom. The number of nitrogens with zero attached hydrogens (tertiary/aromatic N) is 2. The summed E-state index contributed by atoms with van der Waals surface area (Å²) in [6.45, 7) is 5.97. The Kier molecular flexibility index (Phi) is 6.79. The van der Waals surface area contributed by atoms with E-state index < -0.39 is 0 Å². The van der Waals surface area contributed by atoms with Gasteiger partial charge in [-0.05, 0) is 52.9 Å². The van der Waals surface area contributed by atoms with Gasteiger partial charge in [0.05, 0.1) is 0 Å². The topological polar surface area (TPSA) is 18.5 Å². The molecule has 0 aromatic rings. The molecule has 1 saturated carbocycles. The molecule has 3 unspecified atom stereocenters. The highest BCUT2D eigenvalue weighted by atomic mass is 15.2. The minimum atomic E-state index is 0.723. The third-order valence-corrected chi connectivity index (χ3v) is 5.32. The molecule has 1 aliphatic carbocycles. The molecule has 0 spiro atoms. The van der Waals surface area contributed by atoms with E-state index >= 15 is 0 Å². The summed E-state index contributed by atoms with van der Waals surface area (Å²) in [6.07, 6.45) is 11.3. The van der Waals surface area contributed by atoms with Crippen LogP contribution in [0.3, 0.4) is 0 Å². The van der Waals surface area contributed by atoms with Crippen LogP contribution in [0, 0.1) is 0 Å². The van der Waals surface area contributed by atoms with E-state index in [4.69, 9.17) is 0 Å². The molecule has 1 heterocycles. The Labute approximate surface area is 126 Å². The first-order valence-corrected chi connectivity index (χ1v) is 8.86. The van der Waals surface area contributed by atoms with E-state index in [1.807, 2.05) is 0 Å². The van der Waals surface area contributed by atoms with E-state index in [1.54, 1.807) is 0 Å². The molecule has 3 atom stereocenters. The molecule has 0 bridgehead atoms. The Morgan fingerprint density at radius 1 is 1.00 bits per heavy atom. The van der Waals surface area contributed by atoms with Crippen molar-refractivity contribution in [1.29, 1.82) is 0 Å². The highest BCUT2D eigenvalue weighted by Gasteiger charge is 2.31. The Morgan fingerprint density at radius 2 is 1.75 bits per heavy atom. The number of likely N-dealkylation sites (tertiary alicyclic amines) is 1.